The van der Waals surface area contributed by atoms with Crippen LogP contribution < -0.4 is 10.6 Å². The number of anilines is 1. The smallest absolute Gasteiger partial charge is 0.308 e. The van der Waals surface area contributed by atoms with Gasteiger partial charge in [0.15, 0.2) is 6.61 Å². The first kappa shape index (κ1) is 19.4. The molecular formula is C19H24N4O3. The molecule has 26 heavy (non-hydrogen) atoms. The average Bonchev–Trinajstić information content (AvgIpc) is 2.67. The minimum Gasteiger partial charge on any atom is -0.456 e. The molecule has 1 heterocycles. The molecule has 7 nitrogen and oxygen atoms in total. The number of rotatable bonds is 10. The number of carbonyl (C=O) groups excluding carboxylic acids is 2. The zero-order chi connectivity index (χ0) is 18.6. The van der Waals surface area contributed by atoms with Crippen molar-refractivity contribution in [2.45, 2.75) is 32.2 Å². The Morgan fingerprint density at radius 3 is 2.54 bits per heavy atom. The van der Waals surface area contributed by atoms with E-state index < -0.39 is 5.97 Å². The summed E-state index contributed by atoms with van der Waals surface area (Å²) in [7, 11) is 0. The number of nitrogens with zero attached hydrogens (tertiary/aromatic N) is 2. The minimum atomic E-state index is -0.449. The van der Waals surface area contributed by atoms with Crippen LogP contribution in [0.4, 0.5) is 5.95 Å². The summed E-state index contributed by atoms with van der Waals surface area (Å²) < 4.78 is 5.02. The molecule has 0 radical (unpaired) electrons. The predicted molar refractivity (Wildman–Crippen MR) is 98.3 cm³/mol. The molecule has 0 aliphatic heterocycles. The van der Waals surface area contributed by atoms with Crippen LogP contribution in [0.15, 0.2) is 48.8 Å². The van der Waals surface area contributed by atoms with Gasteiger partial charge in [-0.15, -0.1) is 0 Å². The quantitative estimate of drug-likeness (QED) is 0.635. The maximum Gasteiger partial charge on any atom is 0.308 e. The van der Waals surface area contributed by atoms with E-state index in [-0.39, 0.29) is 25.0 Å². The van der Waals surface area contributed by atoms with Gasteiger partial charge in [0.05, 0.1) is 12.5 Å². The van der Waals surface area contributed by atoms with Gasteiger partial charge in [0.2, 0.25) is 5.95 Å². The molecule has 1 atom stereocenters. The molecule has 0 aliphatic rings. The van der Waals surface area contributed by atoms with Crippen molar-refractivity contribution in [3.8, 4) is 0 Å². The lowest BCUT2D eigenvalue weighted by molar-refractivity contribution is -0.148. The van der Waals surface area contributed by atoms with Gasteiger partial charge in [0.1, 0.15) is 0 Å². The first-order chi connectivity index (χ1) is 12.7. The van der Waals surface area contributed by atoms with Crippen molar-refractivity contribution in [3.63, 3.8) is 0 Å². The van der Waals surface area contributed by atoms with Crippen LogP contribution in [-0.2, 0) is 14.3 Å². The summed E-state index contributed by atoms with van der Waals surface area (Å²) in [6.07, 6.45) is 5.11. The molecule has 2 N–H and O–H groups in total. The number of amides is 1. The largest absolute Gasteiger partial charge is 0.456 e. The molecule has 0 saturated heterocycles. The first-order valence-electron chi connectivity index (χ1n) is 8.70. The number of hydrogen-bond donors (Lipinski definition) is 2. The number of carbonyl (C=O) groups is 2. The van der Waals surface area contributed by atoms with E-state index in [1.807, 2.05) is 30.3 Å². The minimum absolute atomic E-state index is 0.0794. The van der Waals surface area contributed by atoms with Crippen molar-refractivity contribution in [3.05, 3.63) is 54.4 Å². The number of nitrogens with one attached hydrogen (secondary N) is 2. The summed E-state index contributed by atoms with van der Waals surface area (Å²) in [5.74, 6) is -0.307. The third-order valence-electron chi connectivity index (χ3n) is 3.66. The van der Waals surface area contributed by atoms with Gasteiger partial charge >= 0.3 is 5.97 Å². The summed E-state index contributed by atoms with van der Waals surface area (Å²) in [4.78, 5) is 31.8. The third-order valence-corrected chi connectivity index (χ3v) is 3.66. The first-order valence-corrected chi connectivity index (χ1v) is 8.70. The molecule has 7 heteroatoms. The van der Waals surface area contributed by atoms with E-state index in [0.717, 1.165) is 18.4 Å². The second kappa shape index (κ2) is 10.8. The van der Waals surface area contributed by atoms with Gasteiger partial charge in [-0.25, -0.2) is 9.97 Å². The van der Waals surface area contributed by atoms with Gasteiger partial charge in [0, 0.05) is 18.9 Å². The monoisotopic (exact) mass is 356 g/mol. The molecule has 0 saturated carbocycles. The molecule has 0 aliphatic carbocycles. The second-order valence-corrected chi connectivity index (χ2v) is 5.73. The number of hydrogen-bond acceptors (Lipinski definition) is 6. The van der Waals surface area contributed by atoms with Gasteiger partial charge in [-0.3, -0.25) is 9.59 Å². The Morgan fingerprint density at radius 1 is 1.12 bits per heavy atom. The summed E-state index contributed by atoms with van der Waals surface area (Å²) in [6, 6.07) is 11.4. The number of esters is 1. The summed E-state index contributed by atoms with van der Waals surface area (Å²) in [5, 5.41) is 5.83. The highest BCUT2D eigenvalue weighted by Crippen LogP contribution is 2.17. The number of ether oxygens (including phenoxy) is 1. The van der Waals surface area contributed by atoms with Crippen LogP contribution >= 0.6 is 0 Å². The maximum atomic E-state index is 12.1. The zero-order valence-electron chi connectivity index (χ0n) is 14.9. The van der Waals surface area contributed by atoms with Crippen LogP contribution in [0.1, 0.15) is 37.8 Å². The third kappa shape index (κ3) is 6.88. The van der Waals surface area contributed by atoms with E-state index in [4.69, 9.17) is 4.74 Å². The fraction of sp³-hybridized carbons (Fsp3) is 0.368. The summed E-state index contributed by atoms with van der Waals surface area (Å²) >= 11 is 0. The molecule has 2 rings (SSSR count). The standard InChI is InChI=1S/C19H24N4O3/c1-2-7-16(15-8-4-3-5-9-15)23-17(24)14-26-18(25)10-13-22-19-20-11-6-12-21-19/h3-6,8-9,11-12,16H,2,7,10,13-14H2,1H3,(H,23,24)(H,20,21,22). The molecule has 2 aromatic rings. The van der Waals surface area contributed by atoms with E-state index in [1.54, 1.807) is 18.5 Å². The fourth-order valence-corrected chi connectivity index (χ4v) is 2.42. The normalized spacial score (nSPS) is 11.4. The van der Waals surface area contributed by atoms with Crippen molar-refractivity contribution in [2.24, 2.45) is 0 Å². The average molecular weight is 356 g/mol. The van der Waals surface area contributed by atoms with Crippen molar-refractivity contribution in [2.75, 3.05) is 18.5 Å². The van der Waals surface area contributed by atoms with Crippen molar-refractivity contribution < 1.29 is 14.3 Å². The fourth-order valence-electron chi connectivity index (χ4n) is 2.42. The van der Waals surface area contributed by atoms with Gasteiger partial charge in [-0.05, 0) is 18.1 Å². The van der Waals surface area contributed by atoms with E-state index in [9.17, 15) is 9.59 Å². The van der Waals surface area contributed by atoms with Crippen molar-refractivity contribution in [1.29, 1.82) is 0 Å². The van der Waals surface area contributed by atoms with Gasteiger partial charge < -0.3 is 15.4 Å². The lowest BCUT2D eigenvalue weighted by Crippen LogP contribution is -2.32. The molecule has 138 valence electrons. The number of benzene rings is 1. The highest BCUT2D eigenvalue weighted by atomic mass is 16.5. The van der Waals surface area contributed by atoms with Crippen LogP contribution in [0.3, 0.4) is 0 Å². The van der Waals surface area contributed by atoms with E-state index in [1.165, 1.54) is 0 Å². The van der Waals surface area contributed by atoms with Gasteiger partial charge in [-0.1, -0.05) is 43.7 Å². The SMILES string of the molecule is CCCC(NC(=O)COC(=O)CCNc1ncccn1)c1ccccc1. The Bertz CT molecular complexity index is 680. The molecule has 1 amide bonds. The molecule has 0 fully saturated rings. The highest BCUT2D eigenvalue weighted by molar-refractivity contribution is 5.81. The summed E-state index contributed by atoms with van der Waals surface area (Å²) in [5.41, 5.74) is 1.04. The van der Waals surface area contributed by atoms with Crippen LogP contribution in [0, 0.1) is 0 Å². The molecule has 1 unspecified atom stereocenters. The summed E-state index contributed by atoms with van der Waals surface area (Å²) in [6.45, 7) is 2.12. The predicted octanol–water partition coefficient (Wildman–Crippen LogP) is 2.48. The van der Waals surface area contributed by atoms with Gasteiger partial charge in [0.25, 0.3) is 5.91 Å². The van der Waals surface area contributed by atoms with E-state index >= 15 is 0 Å². The second-order valence-electron chi connectivity index (χ2n) is 5.73. The number of aromatic nitrogens is 2. The van der Waals surface area contributed by atoms with Gasteiger partial charge in [-0.2, -0.15) is 0 Å². The maximum absolute atomic E-state index is 12.1. The Hall–Kier alpha value is -2.96. The Kier molecular flexibility index (Phi) is 8.05. The van der Waals surface area contributed by atoms with Crippen LogP contribution in [-0.4, -0.2) is 35.0 Å². The lowest BCUT2D eigenvalue weighted by Gasteiger charge is -2.18. The molecule has 1 aromatic heterocycles. The Labute approximate surface area is 153 Å². The Morgan fingerprint density at radius 2 is 1.85 bits per heavy atom. The van der Waals surface area contributed by atoms with E-state index in [0.29, 0.717) is 12.5 Å². The molecular weight excluding hydrogens is 332 g/mol. The molecule has 1 aromatic carbocycles. The van der Waals surface area contributed by atoms with Crippen LogP contribution in [0.25, 0.3) is 0 Å². The molecule has 0 bridgehead atoms. The lowest BCUT2D eigenvalue weighted by atomic mass is 10.0. The highest BCUT2D eigenvalue weighted by Gasteiger charge is 2.15. The van der Waals surface area contributed by atoms with E-state index in [2.05, 4.69) is 27.5 Å². The van der Waals surface area contributed by atoms with Crippen LogP contribution in [0.2, 0.25) is 0 Å². The van der Waals surface area contributed by atoms with Crippen molar-refractivity contribution in [1.82, 2.24) is 15.3 Å². The zero-order valence-corrected chi connectivity index (χ0v) is 14.9. The van der Waals surface area contributed by atoms with Crippen LogP contribution in [0.5, 0.6) is 0 Å². The molecule has 0 spiro atoms. The van der Waals surface area contributed by atoms with Crippen molar-refractivity contribution >= 4 is 17.8 Å². The Balaban J connectivity index is 1.70. The topological polar surface area (TPSA) is 93.2 Å².